The maximum absolute atomic E-state index is 12.2. The molecule has 0 radical (unpaired) electrons. The Morgan fingerprint density at radius 3 is 2.72 bits per heavy atom. The van der Waals surface area contributed by atoms with Gasteiger partial charge in [0.05, 0.1) is 18.8 Å². The third kappa shape index (κ3) is 5.27. The van der Waals surface area contributed by atoms with Gasteiger partial charge in [-0.15, -0.1) is 0 Å². The second kappa shape index (κ2) is 8.92. The first-order valence-electron chi connectivity index (χ1n) is 7.16. The molecule has 0 aliphatic carbocycles. The Morgan fingerprint density at radius 2 is 2.06 bits per heavy atom. The van der Waals surface area contributed by atoms with Crippen molar-refractivity contribution in [1.29, 1.82) is 0 Å². The summed E-state index contributed by atoms with van der Waals surface area (Å²) in [5, 5.41) is 0.806. The molecule has 1 heterocycles. The first kappa shape index (κ1) is 16.0. The Balaban J connectivity index is 2.26. The molecule has 4 heteroatoms. The summed E-state index contributed by atoms with van der Waals surface area (Å²) in [4.78, 5) is 14.2. The van der Waals surface area contributed by atoms with Gasteiger partial charge in [0.15, 0.2) is 0 Å². The van der Waals surface area contributed by atoms with E-state index < -0.39 is 0 Å². The molecule has 0 N–H and O–H groups in total. The molecule has 1 fully saturated rings. The van der Waals surface area contributed by atoms with Crippen LogP contribution in [0.5, 0.6) is 0 Å². The van der Waals surface area contributed by atoms with Gasteiger partial charge in [-0.2, -0.15) is 0 Å². The number of hydrogen-bond acceptors (Lipinski definition) is 2. The molecule has 18 heavy (non-hydrogen) atoms. The summed E-state index contributed by atoms with van der Waals surface area (Å²) in [7, 11) is 0. The van der Waals surface area contributed by atoms with Crippen LogP contribution in [0.25, 0.3) is 0 Å². The van der Waals surface area contributed by atoms with Gasteiger partial charge in [-0.05, 0) is 13.3 Å². The van der Waals surface area contributed by atoms with Crippen molar-refractivity contribution in [2.45, 2.75) is 64.5 Å². The quantitative estimate of drug-likeness (QED) is 0.532. The molecule has 1 rings (SSSR count). The SMILES string of the molecule is CCCCCCCC(=O)N1CC(CBr)OCC1C. The summed E-state index contributed by atoms with van der Waals surface area (Å²) in [6.45, 7) is 5.68. The first-order valence-corrected chi connectivity index (χ1v) is 8.28. The lowest BCUT2D eigenvalue weighted by Crippen LogP contribution is -2.51. The summed E-state index contributed by atoms with van der Waals surface area (Å²) in [5.74, 6) is 0.299. The fraction of sp³-hybridized carbons (Fsp3) is 0.929. The second-order valence-electron chi connectivity index (χ2n) is 5.17. The number of nitrogens with zero attached hydrogens (tertiary/aromatic N) is 1. The predicted molar refractivity (Wildman–Crippen MR) is 78.1 cm³/mol. The molecule has 2 unspecified atom stereocenters. The predicted octanol–water partition coefficient (Wildman–Crippen LogP) is 3.36. The van der Waals surface area contributed by atoms with Gasteiger partial charge in [-0.1, -0.05) is 48.5 Å². The van der Waals surface area contributed by atoms with Gasteiger partial charge in [0.25, 0.3) is 0 Å². The zero-order chi connectivity index (χ0) is 13.4. The second-order valence-corrected chi connectivity index (χ2v) is 5.82. The summed E-state index contributed by atoms with van der Waals surface area (Å²) in [6.07, 6.45) is 6.86. The number of unbranched alkanes of at least 4 members (excludes halogenated alkanes) is 4. The first-order chi connectivity index (χ1) is 8.69. The van der Waals surface area contributed by atoms with Crippen molar-refractivity contribution >= 4 is 21.8 Å². The minimum Gasteiger partial charge on any atom is -0.373 e. The highest BCUT2D eigenvalue weighted by molar-refractivity contribution is 9.09. The fourth-order valence-corrected chi connectivity index (χ4v) is 2.67. The van der Waals surface area contributed by atoms with E-state index in [0.29, 0.717) is 18.9 Å². The van der Waals surface area contributed by atoms with Crippen LogP contribution in [0.2, 0.25) is 0 Å². The molecule has 0 aromatic rings. The number of rotatable bonds is 7. The lowest BCUT2D eigenvalue weighted by atomic mass is 10.1. The van der Waals surface area contributed by atoms with E-state index in [0.717, 1.165) is 18.3 Å². The lowest BCUT2D eigenvalue weighted by Gasteiger charge is -2.37. The van der Waals surface area contributed by atoms with E-state index in [-0.39, 0.29) is 12.1 Å². The van der Waals surface area contributed by atoms with Crippen molar-refractivity contribution in [3.63, 3.8) is 0 Å². The zero-order valence-corrected chi connectivity index (χ0v) is 13.2. The average molecular weight is 320 g/mol. The molecule has 0 aromatic heterocycles. The van der Waals surface area contributed by atoms with Crippen LogP contribution in [0.4, 0.5) is 0 Å². The summed E-state index contributed by atoms with van der Waals surface area (Å²) in [6, 6.07) is 0.225. The number of alkyl halides is 1. The molecule has 2 atom stereocenters. The highest BCUT2D eigenvalue weighted by Gasteiger charge is 2.28. The van der Waals surface area contributed by atoms with E-state index in [1.165, 1.54) is 25.7 Å². The van der Waals surface area contributed by atoms with Gasteiger partial charge >= 0.3 is 0 Å². The third-order valence-electron chi connectivity index (χ3n) is 3.49. The molecule has 106 valence electrons. The minimum absolute atomic E-state index is 0.158. The van der Waals surface area contributed by atoms with Crippen LogP contribution in [-0.4, -0.2) is 41.4 Å². The molecule has 0 saturated carbocycles. The number of ether oxygens (including phenoxy) is 1. The molecular weight excluding hydrogens is 294 g/mol. The maximum Gasteiger partial charge on any atom is 0.222 e. The Kier molecular flexibility index (Phi) is 7.91. The number of amides is 1. The van der Waals surface area contributed by atoms with Crippen molar-refractivity contribution in [1.82, 2.24) is 4.90 Å². The molecule has 0 spiro atoms. The molecule has 1 aliphatic rings. The average Bonchev–Trinajstić information content (AvgIpc) is 2.39. The Labute approximate surface area is 119 Å². The van der Waals surface area contributed by atoms with Crippen LogP contribution in [0.3, 0.4) is 0 Å². The largest absolute Gasteiger partial charge is 0.373 e. The summed E-state index contributed by atoms with van der Waals surface area (Å²) < 4.78 is 5.64. The van der Waals surface area contributed by atoms with E-state index >= 15 is 0 Å². The van der Waals surface area contributed by atoms with Crippen molar-refractivity contribution in [2.24, 2.45) is 0 Å². The Morgan fingerprint density at radius 1 is 1.33 bits per heavy atom. The van der Waals surface area contributed by atoms with Gasteiger partial charge in [0.1, 0.15) is 0 Å². The van der Waals surface area contributed by atoms with E-state index in [1.54, 1.807) is 0 Å². The van der Waals surface area contributed by atoms with Crippen molar-refractivity contribution in [3.05, 3.63) is 0 Å². The van der Waals surface area contributed by atoms with E-state index in [4.69, 9.17) is 4.74 Å². The molecule has 1 amide bonds. The molecular formula is C14H26BrNO2. The minimum atomic E-state index is 0.158. The monoisotopic (exact) mass is 319 g/mol. The summed E-state index contributed by atoms with van der Waals surface area (Å²) >= 11 is 3.43. The van der Waals surface area contributed by atoms with Crippen LogP contribution >= 0.6 is 15.9 Å². The van der Waals surface area contributed by atoms with Gasteiger partial charge in [0.2, 0.25) is 5.91 Å². The summed E-state index contributed by atoms with van der Waals surface area (Å²) in [5.41, 5.74) is 0. The van der Waals surface area contributed by atoms with Crippen LogP contribution in [-0.2, 0) is 9.53 Å². The van der Waals surface area contributed by atoms with Gasteiger partial charge in [-0.25, -0.2) is 0 Å². The van der Waals surface area contributed by atoms with Gasteiger partial charge in [0, 0.05) is 18.3 Å². The third-order valence-corrected chi connectivity index (χ3v) is 4.21. The fourth-order valence-electron chi connectivity index (χ4n) is 2.28. The Hall–Kier alpha value is -0.0900. The number of halogens is 1. The smallest absolute Gasteiger partial charge is 0.222 e. The molecule has 0 bridgehead atoms. The van der Waals surface area contributed by atoms with Crippen LogP contribution < -0.4 is 0 Å². The topological polar surface area (TPSA) is 29.5 Å². The van der Waals surface area contributed by atoms with Gasteiger partial charge in [-0.3, -0.25) is 4.79 Å². The van der Waals surface area contributed by atoms with Crippen LogP contribution in [0.15, 0.2) is 0 Å². The zero-order valence-electron chi connectivity index (χ0n) is 11.7. The van der Waals surface area contributed by atoms with Crippen LogP contribution in [0, 0.1) is 0 Å². The highest BCUT2D eigenvalue weighted by Crippen LogP contribution is 2.16. The number of hydrogen-bond donors (Lipinski definition) is 0. The Bertz CT molecular complexity index is 248. The molecule has 1 saturated heterocycles. The number of morpholine rings is 1. The molecule has 1 aliphatic heterocycles. The maximum atomic E-state index is 12.2. The number of carbonyl (C=O) groups is 1. The van der Waals surface area contributed by atoms with Crippen molar-refractivity contribution in [2.75, 3.05) is 18.5 Å². The molecule has 0 aromatic carbocycles. The van der Waals surface area contributed by atoms with E-state index in [1.807, 2.05) is 4.90 Å². The molecule has 3 nitrogen and oxygen atoms in total. The van der Waals surface area contributed by atoms with E-state index in [9.17, 15) is 4.79 Å². The lowest BCUT2D eigenvalue weighted by molar-refractivity contribution is -0.143. The number of carbonyl (C=O) groups excluding carboxylic acids is 1. The van der Waals surface area contributed by atoms with Crippen molar-refractivity contribution in [3.8, 4) is 0 Å². The highest BCUT2D eigenvalue weighted by atomic mass is 79.9. The standard InChI is InChI=1S/C14H26BrNO2/c1-3-4-5-6-7-8-14(17)16-10-13(9-15)18-11-12(16)2/h12-13H,3-11H2,1-2H3. The van der Waals surface area contributed by atoms with Crippen molar-refractivity contribution < 1.29 is 9.53 Å². The van der Waals surface area contributed by atoms with Crippen LogP contribution in [0.1, 0.15) is 52.4 Å². The normalized spacial score (nSPS) is 24.3. The van der Waals surface area contributed by atoms with Gasteiger partial charge < -0.3 is 9.64 Å². The van der Waals surface area contributed by atoms with E-state index in [2.05, 4.69) is 29.8 Å².